The molecule has 3 heteroatoms. The standard InChI is InChI=1S/C16H30N2O/c1-12(9-10-17)18(2)16(19)15-8-7-13-5-3-4-6-14(13)11-15/h12-15H,3-11,17H2,1-2H3. The number of carbonyl (C=O) groups excluding carboxylic acids is 1. The molecule has 1 amide bonds. The van der Waals surface area contributed by atoms with Gasteiger partial charge in [-0.2, -0.15) is 0 Å². The van der Waals surface area contributed by atoms with Crippen LogP contribution in [0.15, 0.2) is 0 Å². The van der Waals surface area contributed by atoms with Crippen molar-refractivity contribution in [2.24, 2.45) is 23.5 Å². The Labute approximate surface area is 117 Å². The molecule has 3 nitrogen and oxygen atoms in total. The van der Waals surface area contributed by atoms with Gasteiger partial charge in [0.15, 0.2) is 0 Å². The van der Waals surface area contributed by atoms with Gasteiger partial charge in [0.25, 0.3) is 0 Å². The lowest BCUT2D eigenvalue weighted by Gasteiger charge is -2.40. The zero-order valence-corrected chi connectivity index (χ0v) is 12.6. The van der Waals surface area contributed by atoms with Crippen LogP contribution in [-0.2, 0) is 4.79 Å². The third-order valence-electron chi connectivity index (χ3n) is 5.48. The first-order chi connectivity index (χ1) is 9.13. The van der Waals surface area contributed by atoms with Crippen molar-refractivity contribution in [2.75, 3.05) is 13.6 Å². The van der Waals surface area contributed by atoms with Crippen LogP contribution >= 0.6 is 0 Å². The van der Waals surface area contributed by atoms with Crippen molar-refractivity contribution in [1.82, 2.24) is 4.90 Å². The summed E-state index contributed by atoms with van der Waals surface area (Å²) < 4.78 is 0. The molecule has 0 saturated heterocycles. The van der Waals surface area contributed by atoms with E-state index in [1.165, 1.54) is 32.1 Å². The van der Waals surface area contributed by atoms with Gasteiger partial charge in [-0.1, -0.05) is 25.7 Å². The molecule has 0 radical (unpaired) electrons. The van der Waals surface area contributed by atoms with Crippen LogP contribution < -0.4 is 5.73 Å². The van der Waals surface area contributed by atoms with Crippen molar-refractivity contribution in [3.8, 4) is 0 Å². The molecule has 0 aliphatic heterocycles. The van der Waals surface area contributed by atoms with Crippen LogP contribution in [0.3, 0.4) is 0 Å². The molecular formula is C16H30N2O. The molecule has 0 spiro atoms. The summed E-state index contributed by atoms with van der Waals surface area (Å²) in [6.45, 7) is 2.77. The van der Waals surface area contributed by atoms with Crippen molar-refractivity contribution >= 4 is 5.91 Å². The number of nitrogens with two attached hydrogens (primary N) is 1. The Morgan fingerprint density at radius 2 is 1.89 bits per heavy atom. The lowest BCUT2D eigenvalue weighted by molar-refractivity contribution is -0.138. The van der Waals surface area contributed by atoms with Gasteiger partial charge in [-0.05, 0) is 51.0 Å². The van der Waals surface area contributed by atoms with Crippen molar-refractivity contribution < 1.29 is 4.79 Å². The third-order valence-corrected chi connectivity index (χ3v) is 5.48. The van der Waals surface area contributed by atoms with E-state index in [1.807, 2.05) is 11.9 Å². The summed E-state index contributed by atoms with van der Waals surface area (Å²) in [6, 6.07) is 0.279. The van der Waals surface area contributed by atoms with Crippen LogP contribution in [0, 0.1) is 17.8 Å². The van der Waals surface area contributed by atoms with E-state index in [4.69, 9.17) is 5.73 Å². The van der Waals surface area contributed by atoms with Crippen molar-refractivity contribution in [2.45, 2.75) is 64.3 Å². The highest BCUT2D eigenvalue weighted by atomic mass is 16.2. The average molecular weight is 266 g/mol. The summed E-state index contributed by atoms with van der Waals surface area (Å²) in [6.07, 6.45) is 9.99. The van der Waals surface area contributed by atoms with Crippen molar-refractivity contribution in [3.05, 3.63) is 0 Å². The molecule has 0 heterocycles. The van der Waals surface area contributed by atoms with Crippen LogP contribution in [0.4, 0.5) is 0 Å². The van der Waals surface area contributed by atoms with Gasteiger partial charge in [0.05, 0.1) is 0 Å². The summed E-state index contributed by atoms with van der Waals surface area (Å²) in [5.74, 6) is 2.40. The van der Waals surface area contributed by atoms with E-state index in [9.17, 15) is 4.79 Å². The van der Waals surface area contributed by atoms with Crippen LogP contribution in [0.5, 0.6) is 0 Å². The van der Waals surface area contributed by atoms with Gasteiger partial charge in [-0.25, -0.2) is 0 Å². The summed E-state index contributed by atoms with van der Waals surface area (Å²) in [4.78, 5) is 14.5. The molecule has 2 aliphatic carbocycles. The lowest BCUT2D eigenvalue weighted by Crippen LogP contribution is -2.42. The van der Waals surface area contributed by atoms with Crippen LogP contribution in [0.1, 0.15) is 58.3 Å². The molecule has 2 fully saturated rings. The number of carbonyl (C=O) groups is 1. The maximum atomic E-state index is 12.6. The zero-order valence-electron chi connectivity index (χ0n) is 12.6. The lowest BCUT2D eigenvalue weighted by atomic mass is 9.67. The zero-order chi connectivity index (χ0) is 13.8. The summed E-state index contributed by atoms with van der Waals surface area (Å²) in [5.41, 5.74) is 5.60. The molecule has 2 saturated carbocycles. The fraction of sp³-hybridized carbons (Fsp3) is 0.938. The van der Waals surface area contributed by atoms with Gasteiger partial charge >= 0.3 is 0 Å². The topological polar surface area (TPSA) is 46.3 Å². The second kappa shape index (κ2) is 6.74. The number of rotatable bonds is 4. The number of amides is 1. The predicted octanol–water partition coefficient (Wildman–Crippen LogP) is 2.79. The Balaban J connectivity index is 1.89. The maximum absolute atomic E-state index is 12.6. The van der Waals surface area contributed by atoms with Crippen molar-refractivity contribution in [3.63, 3.8) is 0 Å². The Kier molecular flexibility index (Phi) is 5.26. The molecule has 2 rings (SSSR count). The largest absolute Gasteiger partial charge is 0.343 e. The molecule has 0 aromatic rings. The summed E-state index contributed by atoms with van der Waals surface area (Å²) in [7, 11) is 1.95. The summed E-state index contributed by atoms with van der Waals surface area (Å²) in [5, 5.41) is 0. The van der Waals surface area contributed by atoms with E-state index in [0.29, 0.717) is 12.5 Å². The maximum Gasteiger partial charge on any atom is 0.225 e. The van der Waals surface area contributed by atoms with Gasteiger partial charge in [0.2, 0.25) is 5.91 Å². The Morgan fingerprint density at radius 1 is 1.21 bits per heavy atom. The van der Waals surface area contributed by atoms with Crippen LogP contribution in [0.2, 0.25) is 0 Å². The van der Waals surface area contributed by atoms with Gasteiger partial charge < -0.3 is 10.6 Å². The normalized spacial score (nSPS) is 32.5. The molecule has 2 N–H and O–H groups in total. The van der Waals surface area contributed by atoms with Crippen LogP contribution in [0.25, 0.3) is 0 Å². The Hall–Kier alpha value is -0.570. The van der Waals surface area contributed by atoms with E-state index in [0.717, 1.165) is 31.1 Å². The highest BCUT2D eigenvalue weighted by Crippen LogP contribution is 2.43. The fourth-order valence-electron chi connectivity index (χ4n) is 4.04. The van der Waals surface area contributed by atoms with Crippen LogP contribution in [-0.4, -0.2) is 30.4 Å². The molecule has 0 bridgehead atoms. The molecule has 4 unspecified atom stereocenters. The quantitative estimate of drug-likeness (QED) is 0.850. The number of nitrogens with zero attached hydrogens (tertiary/aromatic N) is 1. The number of fused-ring (bicyclic) bond motifs is 1. The van der Waals surface area contributed by atoms with Gasteiger partial charge in [0.1, 0.15) is 0 Å². The van der Waals surface area contributed by atoms with E-state index in [-0.39, 0.29) is 12.0 Å². The first kappa shape index (κ1) is 14.8. The number of hydrogen-bond donors (Lipinski definition) is 1. The average Bonchev–Trinajstić information content (AvgIpc) is 2.45. The van der Waals surface area contributed by atoms with E-state index < -0.39 is 0 Å². The minimum Gasteiger partial charge on any atom is -0.343 e. The molecule has 4 atom stereocenters. The SMILES string of the molecule is CC(CCN)N(C)C(=O)C1CCC2CCCCC2C1. The minimum atomic E-state index is 0.279. The Bertz CT molecular complexity index is 305. The Morgan fingerprint density at radius 3 is 2.58 bits per heavy atom. The summed E-state index contributed by atoms with van der Waals surface area (Å²) >= 11 is 0. The minimum absolute atomic E-state index is 0.279. The van der Waals surface area contributed by atoms with Gasteiger partial charge in [0, 0.05) is 19.0 Å². The molecule has 0 aromatic heterocycles. The smallest absolute Gasteiger partial charge is 0.225 e. The molecular weight excluding hydrogens is 236 g/mol. The first-order valence-corrected chi connectivity index (χ1v) is 8.10. The second-order valence-corrected chi connectivity index (χ2v) is 6.69. The second-order valence-electron chi connectivity index (χ2n) is 6.69. The highest BCUT2D eigenvalue weighted by molar-refractivity contribution is 5.79. The van der Waals surface area contributed by atoms with E-state index in [1.54, 1.807) is 0 Å². The van der Waals surface area contributed by atoms with Gasteiger partial charge in [-0.3, -0.25) is 4.79 Å². The molecule has 110 valence electrons. The monoisotopic (exact) mass is 266 g/mol. The number of hydrogen-bond acceptors (Lipinski definition) is 2. The molecule has 0 aromatic carbocycles. The highest BCUT2D eigenvalue weighted by Gasteiger charge is 2.36. The van der Waals surface area contributed by atoms with E-state index >= 15 is 0 Å². The third kappa shape index (κ3) is 3.50. The predicted molar refractivity (Wildman–Crippen MR) is 78.7 cm³/mol. The van der Waals surface area contributed by atoms with Crippen molar-refractivity contribution in [1.29, 1.82) is 0 Å². The van der Waals surface area contributed by atoms with E-state index in [2.05, 4.69) is 6.92 Å². The van der Waals surface area contributed by atoms with Gasteiger partial charge in [-0.15, -0.1) is 0 Å². The molecule has 2 aliphatic rings. The molecule has 19 heavy (non-hydrogen) atoms. The fourth-order valence-corrected chi connectivity index (χ4v) is 4.04. The first-order valence-electron chi connectivity index (χ1n) is 8.10.